The minimum absolute atomic E-state index is 0.0385. The first-order chi connectivity index (χ1) is 13.2. The van der Waals surface area contributed by atoms with Crippen molar-refractivity contribution in [2.45, 2.75) is 17.2 Å². The van der Waals surface area contributed by atoms with Crippen molar-refractivity contribution >= 4 is 35.3 Å². The van der Waals surface area contributed by atoms with Gasteiger partial charge in [0.2, 0.25) is 5.82 Å². The molecule has 148 valence electrons. The third kappa shape index (κ3) is 4.66. The quantitative estimate of drug-likeness (QED) is 0.423. The molecule has 0 spiro atoms. The Morgan fingerprint density at radius 3 is 2.32 bits per heavy atom. The summed E-state index contributed by atoms with van der Waals surface area (Å²) in [6, 6.07) is 11.6. The zero-order valence-corrected chi connectivity index (χ0v) is 17.4. The van der Waals surface area contributed by atoms with Crippen molar-refractivity contribution in [3.63, 3.8) is 0 Å². The van der Waals surface area contributed by atoms with Gasteiger partial charge in [0.15, 0.2) is 0 Å². The van der Waals surface area contributed by atoms with Crippen LogP contribution in [0.5, 0.6) is 0 Å². The van der Waals surface area contributed by atoms with Crippen LogP contribution in [-0.2, 0) is 21.7 Å². The van der Waals surface area contributed by atoms with Crippen LogP contribution in [0.15, 0.2) is 46.9 Å². The highest BCUT2D eigenvalue weighted by Crippen LogP contribution is 2.60. The van der Waals surface area contributed by atoms with E-state index >= 15 is 0 Å². The topological polar surface area (TPSA) is 112 Å². The fourth-order valence-electron chi connectivity index (χ4n) is 2.37. The van der Waals surface area contributed by atoms with E-state index in [0.717, 1.165) is 22.8 Å². The lowest BCUT2D eigenvalue weighted by molar-refractivity contribution is 0.0557. The van der Waals surface area contributed by atoms with Gasteiger partial charge in [-0.25, -0.2) is 0 Å². The van der Waals surface area contributed by atoms with Crippen molar-refractivity contribution in [2.24, 2.45) is 0 Å². The minimum atomic E-state index is -5.60. The number of benzene rings is 2. The van der Waals surface area contributed by atoms with Crippen LogP contribution in [0, 0.1) is 0 Å². The Morgan fingerprint density at radius 1 is 1.11 bits per heavy atom. The third-order valence-electron chi connectivity index (χ3n) is 3.82. The number of nitrogens with zero attached hydrogens (tertiary/aromatic N) is 3. The lowest BCUT2D eigenvalue weighted by Crippen LogP contribution is -2.14. The molecule has 2 aromatic carbocycles. The second-order valence-corrected chi connectivity index (χ2v) is 9.31. The molecule has 28 heavy (non-hydrogen) atoms. The predicted molar refractivity (Wildman–Crippen MR) is 105 cm³/mol. The predicted octanol–water partition coefficient (Wildman–Crippen LogP) is 4.29. The lowest BCUT2D eigenvalue weighted by Gasteiger charge is -2.19. The second-order valence-electron chi connectivity index (χ2n) is 5.82. The highest BCUT2D eigenvalue weighted by atomic mass is 79.9. The average Bonchev–Trinajstić information content (AvgIpc) is 3.16. The van der Waals surface area contributed by atoms with E-state index in [1.807, 2.05) is 24.3 Å². The van der Waals surface area contributed by atoms with E-state index in [4.69, 9.17) is 9.79 Å². The van der Waals surface area contributed by atoms with Gasteiger partial charge in [0.25, 0.3) is 0 Å². The molecule has 0 aliphatic carbocycles. The van der Waals surface area contributed by atoms with Gasteiger partial charge in [0, 0.05) is 27.1 Å². The first-order valence-corrected chi connectivity index (χ1v) is 11.4. The molecule has 1 aromatic heterocycles. The van der Waals surface area contributed by atoms with Gasteiger partial charge in [-0.2, -0.15) is 25.8 Å². The molecule has 0 saturated carbocycles. The van der Waals surface area contributed by atoms with E-state index in [1.54, 1.807) is 11.8 Å². The molecule has 3 rings (SSSR count). The normalized spacial score (nSPS) is 12.3. The van der Waals surface area contributed by atoms with Crippen molar-refractivity contribution in [1.29, 1.82) is 0 Å². The van der Waals surface area contributed by atoms with Crippen molar-refractivity contribution in [3.05, 3.63) is 63.6 Å². The van der Waals surface area contributed by atoms with Gasteiger partial charge in [0.1, 0.15) is 0 Å². The Labute approximate surface area is 171 Å². The fourth-order valence-corrected chi connectivity index (χ4v) is 4.65. The maximum Gasteiger partial charge on any atom is 0.399 e. The van der Waals surface area contributed by atoms with Crippen LogP contribution in [0.3, 0.4) is 0 Å². The first kappa shape index (κ1) is 21.1. The molecule has 3 aromatic rings. The number of hydrogen-bond acceptors (Lipinski definition) is 5. The maximum absolute atomic E-state index is 13.9. The van der Waals surface area contributed by atoms with E-state index in [0.29, 0.717) is 17.3 Å². The van der Waals surface area contributed by atoms with E-state index in [-0.39, 0.29) is 4.47 Å². The first-order valence-electron chi connectivity index (χ1n) is 7.81. The van der Waals surface area contributed by atoms with Crippen LogP contribution in [0.1, 0.15) is 16.7 Å². The molecule has 3 N–H and O–H groups in total. The number of alkyl halides is 2. The SMILES string of the molecule is O=P(O)(O)C(F)(F)c1ccc(CSCc2ccc(-c3nn[nH]n3)cc2)cc1Br. The third-order valence-corrected chi connectivity index (χ3v) is 6.52. The van der Waals surface area contributed by atoms with E-state index in [1.165, 1.54) is 12.1 Å². The van der Waals surface area contributed by atoms with E-state index in [2.05, 4.69) is 36.6 Å². The van der Waals surface area contributed by atoms with Gasteiger partial charge >= 0.3 is 13.3 Å². The Balaban J connectivity index is 1.61. The smallest absolute Gasteiger partial charge is 0.320 e. The summed E-state index contributed by atoms with van der Waals surface area (Å²) in [7, 11) is -5.60. The summed E-state index contributed by atoms with van der Waals surface area (Å²) in [5, 5.41) is 13.7. The summed E-state index contributed by atoms with van der Waals surface area (Å²) in [6.45, 7) is 0. The number of rotatable bonds is 7. The van der Waals surface area contributed by atoms with Gasteiger partial charge in [-0.15, -0.1) is 10.2 Å². The molecule has 0 aliphatic heterocycles. The van der Waals surface area contributed by atoms with Gasteiger partial charge in [-0.05, 0) is 22.4 Å². The molecule has 0 amide bonds. The molecule has 0 fully saturated rings. The van der Waals surface area contributed by atoms with Crippen molar-refractivity contribution in [3.8, 4) is 11.4 Å². The van der Waals surface area contributed by atoms with Crippen LogP contribution in [0.25, 0.3) is 11.4 Å². The number of aromatic amines is 1. The molecular weight excluding hydrogens is 477 g/mol. The van der Waals surface area contributed by atoms with Gasteiger partial charge in [-0.1, -0.05) is 52.3 Å². The Bertz CT molecular complexity index is 1000. The standard InChI is InChI=1S/C16H14BrF2N4O3PS/c17-14-7-11(3-6-13(14)16(18,19)27(24,25)26)9-28-8-10-1-4-12(5-2-10)15-20-22-23-21-15/h1-7H,8-9H2,(H2,24,25,26)(H,20,21,22,23). The van der Waals surface area contributed by atoms with Crippen molar-refractivity contribution < 1.29 is 23.1 Å². The maximum atomic E-state index is 13.9. The summed E-state index contributed by atoms with van der Waals surface area (Å²) in [6.07, 6.45) is 0. The van der Waals surface area contributed by atoms with Gasteiger partial charge < -0.3 is 9.79 Å². The molecule has 0 radical (unpaired) electrons. The highest BCUT2D eigenvalue weighted by Gasteiger charge is 2.51. The van der Waals surface area contributed by atoms with Gasteiger partial charge in [0.05, 0.1) is 0 Å². The summed E-state index contributed by atoms with van der Waals surface area (Å²) < 4.78 is 38.7. The number of thioether (sulfide) groups is 1. The van der Waals surface area contributed by atoms with Gasteiger partial charge in [-0.3, -0.25) is 4.57 Å². The van der Waals surface area contributed by atoms with Crippen molar-refractivity contribution in [2.75, 3.05) is 0 Å². The molecule has 0 bridgehead atoms. The average molecular weight is 491 g/mol. The number of halogens is 3. The molecule has 0 saturated heterocycles. The van der Waals surface area contributed by atoms with E-state index < -0.39 is 18.8 Å². The van der Waals surface area contributed by atoms with Crippen LogP contribution < -0.4 is 0 Å². The molecule has 0 unspecified atom stereocenters. The summed E-state index contributed by atoms with van der Waals surface area (Å²) in [5.74, 6) is 1.76. The highest BCUT2D eigenvalue weighted by molar-refractivity contribution is 9.10. The van der Waals surface area contributed by atoms with Crippen LogP contribution >= 0.6 is 35.3 Å². The molecule has 0 aliphatic rings. The largest absolute Gasteiger partial charge is 0.399 e. The molecule has 1 heterocycles. The zero-order valence-electron chi connectivity index (χ0n) is 14.1. The summed E-state index contributed by atoms with van der Waals surface area (Å²) >= 11 is 4.57. The lowest BCUT2D eigenvalue weighted by atomic mass is 10.1. The van der Waals surface area contributed by atoms with Crippen LogP contribution in [-0.4, -0.2) is 30.4 Å². The number of aromatic nitrogens is 4. The Kier molecular flexibility index (Phi) is 6.31. The summed E-state index contributed by atoms with van der Waals surface area (Å²) in [4.78, 5) is 17.7. The minimum Gasteiger partial charge on any atom is -0.320 e. The van der Waals surface area contributed by atoms with Crippen LogP contribution in [0.2, 0.25) is 0 Å². The van der Waals surface area contributed by atoms with Crippen molar-refractivity contribution in [1.82, 2.24) is 20.6 Å². The fraction of sp³-hybridized carbons (Fsp3) is 0.188. The second kappa shape index (κ2) is 8.38. The number of hydrogen-bond donors (Lipinski definition) is 3. The summed E-state index contributed by atoms with van der Waals surface area (Å²) in [5.41, 5.74) is -2.30. The monoisotopic (exact) mass is 490 g/mol. The number of nitrogens with one attached hydrogen (secondary N) is 1. The van der Waals surface area contributed by atoms with Crippen LogP contribution in [0.4, 0.5) is 8.78 Å². The number of H-pyrrole nitrogens is 1. The molecule has 0 atom stereocenters. The molecule has 12 heteroatoms. The Hall–Kier alpha value is -1.65. The molecule has 7 nitrogen and oxygen atoms in total. The molecular formula is C16H14BrF2N4O3PS. The number of tetrazole rings is 1. The zero-order chi connectivity index (χ0) is 20.4. The van der Waals surface area contributed by atoms with E-state index in [9.17, 15) is 13.3 Å². The Morgan fingerprint density at radius 2 is 1.75 bits per heavy atom.